The van der Waals surface area contributed by atoms with Crippen molar-refractivity contribution in [3.8, 4) is 0 Å². The molecular weight excluding hydrogens is 323 g/mol. The highest BCUT2D eigenvalue weighted by molar-refractivity contribution is 7.10. The Morgan fingerprint density at radius 2 is 2.15 bits per heavy atom. The van der Waals surface area contributed by atoms with E-state index in [1.54, 1.807) is 13.0 Å². The molecule has 0 aliphatic rings. The third-order valence-corrected chi connectivity index (χ3v) is 3.66. The summed E-state index contributed by atoms with van der Waals surface area (Å²) in [7, 11) is 0. The van der Waals surface area contributed by atoms with E-state index in [0.29, 0.717) is 26.4 Å². The van der Waals surface area contributed by atoms with Crippen LogP contribution in [0.5, 0.6) is 0 Å². The number of benzene rings is 1. The zero-order valence-corrected chi connectivity index (χ0v) is 12.6. The van der Waals surface area contributed by atoms with Crippen LogP contribution in [0.3, 0.4) is 0 Å². The molecule has 20 heavy (non-hydrogen) atoms. The average Bonchev–Trinajstić information content (AvgIpc) is 2.84. The molecule has 0 fully saturated rings. The highest BCUT2D eigenvalue weighted by Crippen LogP contribution is 2.34. The molecule has 2 aromatic rings. The van der Waals surface area contributed by atoms with Crippen LogP contribution in [0.1, 0.15) is 17.4 Å². The Bertz CT molecular complexity index is 647. The zero-order valence-electron chi connectivity index (χ0n) is 10.3. The van der Waals surface area contributed by atoms with Gasteiger partial charge in [0.25, 0.3) is 0 Å². The summed E-state index contributed by atoms with van der Waals surface area (Å²) in [4.78, 5) is 11.7. The lowest BCUT2D eigenvalue weighted by Crippen LogP contribution is -2.08. The summed E-state index contributed by atoms with van der Waals surface area (Å²) in [6.07, 6.45) is 0. The van der Waals surface area contributed by atoms with Crippen molar-refractivity contribution < 1.29 is 9.53 Å². The van der Waals surface area contributed by atoms with Crippen molar-refractivity contribution in [1.29, 1.82) is 0 Å². The summed E-state index contributed by atoms with van der Waals surface area (Å²) < 4.78 is 8.60. The van der Waals surface area contributed by atoms with Crippen LogP contribution >= 0.6 is 34.7 Å². The Balaban J connectivity index is 2.29. The van der Waals surface area contributed by atoms with Gasteiger partial charge in [-0.25, -0.2) is 4.79 Å². The fourth-order valence-corrected chi connectivity index (χ4v) is 2.30. The number of nitrogens with one attached hydrogen (secondary N) is 1. The minimum Gasteiger partial charge on any atom is -0.461 e. The quantitative estimate of drug-likeness (QED) is 0.659. The highest BCUT2D eigenvalue weighted by atomic mass is 35.5. The molecule has 0 radical (unpaired) electrons. The zero-order chi connectivity index (χ0) is 14.7. The molecule has 1 aromatic heterocycles. The number of aromatic nitrogens is 2. The molecule has 6 nitrogen and oxygen atoms in total. The molecule has 2 rings (SSSR count). The Labute approximate surface area is 129 Å². The number of anilines is 3. The molecule has 0 saturated carbocycles. The van der Waals surface area contributed by atoms with E-state index < -0.39 is 5.97 Å². The van der Waals surface area contributed by atoms with Crippen LogP contribution in [-0.2, 0) is 4.74 Å². The number of ether oxygens (including phenoxy) is 1. The summed E-state index contributed by atoms with van der Waals surface area (Å²) in [6.45, 7) is 1.96. The van der Waals surface area contributed by atoms with Crippen molar-refractivity contribution in [2.45, 2.75) is 6.92 Å². The summed E-state index contributed by atoms with van der Waals surface area (Å²) >= 11 is 12.8. The van der Waals surface area contributed by atoms with E-state index in [2.05, 4.69) is 14.9 Å². The van der Waals surface area contributed by atoms with Crippen molar-refractivity contribution in [2.75, 3.05) is 17.7 Å². The Hall–Kier alpha value is -1.57. The molecule has 0 aliphatic heterocycles. The van der Waals surface area contributed by atoms with Crippen molar-refractivity contribution >= 4 is 57.1 Å². The van der Waals surface area contributed by atoms with Crippen molar-refractivity contribution in [2.24, 2.45) is 0 Å². The summed E-state index contributed by atoms with van der Waals surface area (Å²) in [5.41, 5.74) is 6.83. The molecule has 3 N–H and O–H groups in total. The second-order valence-corrected chi connectivity index (χ2v) is 5.22. The van der Waals surface area contributed by atoms with E-state index in [1.165, 1.54) is 6.07 Å². The standard InChI is InChI=1S/C11H10Cl2N4O2S/c1-2-19-11(18)9-10(20-17-16-9)15-8-4-6(13)5(12)3-7(8)14/h3-4,15H,2,14H2,1H3. The normalized spacial score (nSPS) is 10.3. The van der Waals surface area contributed by atoms with E-state index in [9.17, 15) is 4.79 Å². The fraction of sp³-hybridized carbons (Fsp3) is 0.182. The van der Waals surface area contributed by atoms with Gasteiger partial charge in [-0.15, -0.1) is 5.10 Å². The second-order valence-electron chi connectivity index (χ2n) is 3.65. The summed E-state index contributed by atoms with van der Waals surface area (Å²) in [5.74, 6) is -0.553. The molecule has 0 bridgehead atoms. The molecule has 1 aromatic carbocycles. The van der Waals surface area contributed by atoms with Crippen LogP contribution in [-0.4, -0.2) is 22.2 Å². The molecule has 0 atom stereocenters. The summed E-state index contributed by atoms with van der Waals surface area (Å²) in [5, 5.41) is 7.81. The maximum Gasteiger partial charge on any atom is 0.362 e. The summed E-state index contributed by atoms with van der Waals surface area (Å²) in [6, 6.07) is 3.08. The van der Waals surface area contributed by atoms with Gasteiger partial charge in [0, 0.05) is 11.5 Å². The molecule has 0 spiro atoms. The van der Waals surface area contributed by atoms with Gasteiger partial charge >= 0.3 is 5.97 Å². The molecule has 0 aliphatic carbocycles. The van der Waals surface area contributed by atoms with Crippen molar-refractivity contribution in [1.82, 2.24) is 9.59 Å². The fourth-order valence-electron chi connectivity index (χ4n) is 1.40. The van der Waals surface area contributed by atoms with Gasteiger partial charge in [-0.1, -0.05) is 27.7 Å². The lowest BCUT2D eigenvalue weighted by molar-refractivity contribution is 0.0520. The number of carbonyl (C=O) groups excluding carboxylic acids is 1. The molecule has 1 heterocycles. The maximum absolute atomic E-state index is 11.7. The number of nitrogens with two attached hydrogens (primary N) is 1. The topological polar surface area (TPSA) is 90.1 Å². The number of hydrogen-bond acceptors (Lipinski definition) is 7. The first-order chi connectivity index (χ1) is 9.52. The molecule has 9 heteroatoms. The smallest absolute Gasteiger partial charge is 0.362 e. The van der Waals surface area contributed by atoms with Gasteiger partial charge in [-0.3, -0.25) is 0 Å². The first kappa shape index (κ1) is 14.8. The predicted octanol–water partition coefficient (Wildman–Crippen LogP) is 3.35. The number of carbonyl (C=O) groups is 1. The van der Waals surface area contributed by atoms with E-state index in [1.807, 2.05) is 0 Å². The second kappa shape index (κ2) is 6.25. The minimum absolute atomic E-state index is 0.0994. The number of halogens is 2. The van der Waals surface area contributed by atoms with Crippen molar-refractivity contribution in [3.63, 3.8) is 0 Å². The molecule has 0 amide bonds. The SMILES string of the molecule is CCOC(=O)c1nnsc1Nc1cc(Cl)c(Cl)cc1N. The number of rotatable bonds is 4. The van der Waals surface area contributed by atoms with Gasteiger partial charge in [-0.05, 0) is 19.1 Å². The van der Waals surface area contributed by atoms with Gasteiger partial charge in [0.05, 0.1) is 28.0 Å². The first-order valence-corrected chi connectivity index (χ1v) is 7.07. The average molecular weight is 333 g/mol. The van der Waals surface area contributed by atoms with Gasteiger partial charge in [0.1, 0.15) is 5.00 Å². The van der Waals surface area contributed by atoms with Gasteiger partial charge < -0.3 is 15.8 Å². The Morgan fingerprint density at radius 3 is 2.85 bits per heavy atom. The van der Waals surface area contributed by atoms with Crippen LogP contribution in [0.25, 0.3) is 0 Å². The number of esters is 1. The third-order valence-electron chi connectivity index (χ3n) is 2.30. The molecular formula is C11H10Cl2N4O2S. The van der Waals surface area contributed by atoms with E-state index >= 15 is 0 Å². The van der Waals surface area contributed by atoms with Gasteiger partial charge in [-0.2, -0.15) is 0 Å². The number of nitrogen functional groups attached to an aromatic ring is 1. The minimum atomic E-state index is -0.553. The van der Waals surface area contributed by atoms with Crippen molar-refractivity contribution in [3.05, 3.63) is 27.9 Å². The van der Waals surface area contributed by atoms with Gasteiger partial charge in [0.2, 0.25) is 5.69 Å². The monoisotopic (exact) mass is 332 g/mol. The van der Waals surface area contributed by atoms with Crippen LogP contribution in [0.4, 0.5) is 16.4 Å². The first-order valence-electron chi connectivity index (χ1n) is 5.54. The number of hydrogen-bond donors (Lipinski definition) is 2. The van der Waals surface area contributed by atoms with Gasteiger partial charge in [0.15, 0.2) is 0 Å². The molecule has 0 saturated heterocycles. The molecule has 0 unspecified atom stereocenters. The molecule has 106 valence electrons. The predicted molar refractivity (Wildman–Crippen MR) is 80.0 cm³/mol. The number of nitrogens with zero attached hydrogens (tertiary/aromatic N) is 2. The lowest BCUT2D eigenvalue weighted by Gasteiger charge is -2.09. The van der Waals surface area contributed by atoms with Crippen LogP contribution < -0.4 is 11.1 Å². The third kappa shape index (κ3) is 3.12. The lowest BCUT2D eigenvalue weighted by atomic mass is 10.2. The van der Waals surface area contributed by atoms with Crippen LogP contribution in [0, 0.1) is 0 Å². The van der Waals surface area contributed by atoms with E-state index in [4.69, 9.17) is 33.7 Å². The maximum atomic E-state index is 11.7. The Kier molecular flexibility index (Phi) is 4.64. The van der Waals surface area contributed by atoms with Crippen LogP contribution in [0.2, 0.25) is 10.0 Å². The van der Waals surface area contributed by atoms with E-state index in [0.717, 1.165) is 11.5 Å². The van der Waals surface area contributed by atoms with Crippen LogP contribution in [0.15, 0.2) is 12.1 Å². The largest absolute Gasteiger partial charge is 0.461 e. The van der Waals surface area contributed by atoms with E-state index in [-0.39, 0.29) is 12.3 Å². The Morgan fingerprint density at radius 1 is 1.45 bits per heavy atom. The highest BCUT2D eigenvalue weighted by Gasteiger charge is 2.18.